The molecule has 7 heteroatoms. The molecule has 3 rings (SSSR count). The molecule has 122 valence electrons. The van der Waals surface area contributed by atoms with Gasteiger partial charge in [0.2, 0.25) is 11.8 Å². The van der Waals surface area contributed by atoms with Gasteiger partial charge in [-0.3, -0.25) is 9.59 Å². The monoisotopic (exact) mass is 349 g/mol. The van der Waals surface area contributed by atoms with Gasteiger partial charge in [0, 0.05) is 35.8 Å². The molecular weight excluding hydrogens is 330 g/mol. The minimum absolute atomic E-state index is 0.115. The molecule has 0 atom stereocenters. The van der Waals surface area contributed by atoms with Crippen LogP contribution in [0.3, 0.4) is 0 Å². The highest BCUT2D eigenvalue weighted by Crippen LogP contribution is 2.26. The van der Waals surface area contributed by atoms with Crippen molar-refractivity contribution in [1.29, 1.82) is 0 Å². The lowest BCUT2D eigenvalue weighted by Gasteiger charge is -2.31. The second-order valence-electron chi connectivity index (χ2n) is 5.83. The summed E-state index contributed by atoms with van der Waals surface area (Å²) in [5.74, 6) is 0.184. The van der Waals surface area contributed by atoms with E-state index in [1.807, 2.05) is 21.7 Å². The van der Waals surface area contributed by atoms with Crippen molar-refractivity contribution in [3.63, 3.8) is 0 Å². The molecule has 2 N–H and O–H groups in total. The lowest BCUT2D eigenvalue weighted by atomic mass is 9.93. The van der Waals surface area contributed by atoms with Crippen LogP contribution in [0.5, 0.6) is 0 Å². The summed E-state index contributed by atoms with van der Waals surface area (Å²) in [6.45, 7) is 1.41. The van der Waals surface area contributed by atoms with Crippen molar-refractivity contribution < 1.29 is 9.59 Å². The third kappa shape index (κ3) is 4.17. The number of rotatable bonds is 5. The number of nitrogens with two attached hydrogens (primary N) is 1. The van der Waals surface area contributed by atoms with E-state index in [9.17, 15) is 9.59 Å². The Bertz CT molecular complexity index is 673. The number of carbonyl (C=O) groups is 2. The van der Waals surface area contributed by atoms with Crippen LogP contribution in [0.1, 0.15) is 25.0 Å². The lowest BCUT2D eigenvalue weighted by molar-refractivity contribution is -0.132. The van der Waals surface area contributed by atoms with Crippen molar-refractivity contribution in [3.05, 3.63) is 27.9 Å². The van der Waals surface area contributed by atoms with Crippen LogP contribution in [0.2, 0.25) is 0 Å². The molecular formula is C16H19N3O2S2. The molecule has 0 spiro atoms. The van der Waals surface area contributed by atoms with E-state index in [2.05, 4.69) is 10.4 Å². The minimum Gasteiger partial charge on any atom is -0.370 e. The van der Waals surface area contributed by atoms with E-state index in [4.69, 9.17) is 5.73 Å². The quantitative estimate of drug-likeness (QED) is 0.901. The van der Waals surface area contributed by atoms with Crippen LogP contribution in [-0.4, -0.2) is 34.8 Å². The Kier molecular flexibility index (Phi) is 5.07. The molecule has 0 bridgehead atoms. The second-order valence-corrected chi connectivity index (χ2v) is 7.47. The van der Waals surface area contributed by atoms with E-state index < -0.39 is 0 Å². The number of thiophene rings is 1. The second kappa shape index (κ2) is 7.23. The van der Waals surface area contributed by atoms with Gasteiger partial charge >= 0.3 is 0 Å². The largest absolute Gasteiger partial charge is 0.370 e. The average molecular weight is 349 g/mol. The molecule has 2 aromatic heterocycles. The van der Waals surface area contributed by atoms with Crippen molar-refractivity contribution >= 4 is 34.5 Å². The van der Waals surface area contributed by atoms with Crippen LogP contribution in [-0.2, 0) is 16.0 Å². The Morgan fingerprint density at radius 1 is 1.30 bits per heavy atom. The number of nitrogens with zero attached hydrogens (tertiary/aromatic N) is 2. The first-order valence-electron chi connectivity index (χ1n) is 7.65. The van der Waals surface area contributed by atoms with E-state index in [1.165, 1.54) is 0 Å². The highest BCUT2D eigenvalue weighted by molar-refractivity contribution is 7.14. The van der Waals surface area contributed by atoms with Gasteiger partial charge < -0.3 is 10.6 Å². The Labute approximate surface area is 143 Å². The van der Waals surface area contributed by atoms with Crippen molar-refractivity contribution in [1.82, 2.24) is 9.88 Å². The highest BCUT2D eigenvalue weighted by Gasteiger charge is 2.24. The molecule has 0 aromatic carbocycles. The van der Waals surface area contributed by atoms with Crippen LogP contribution in [0, 0.1) is 5.92 Å². The van der Waals surface area contributed by atoms with Gasteiger partial charge in [-0.25, -0.2) is 4.98 Å². The molecule has 0 aliphatic carbocycles. The van der Waals surface area contributed by atoms with Gasteiger partial charge in [0.05, 0.1) is 12.1 Å². The number of likely N-dealkylation sites (tertiary alicyclic amines) is 1. The van der Waals surface area contributed by atoms with Gasteiger partial charge in [-0.05, 0) is 30.2 Å². The first-order chi connectivity index (χ1) is 11.1. The van der Waals surface area contributed by atoms with Crippen LogP contribution in [0.15, 0.2) is 22.2 Å². The summed E-state index contributed by atoms with van der Waals surface area (Å²) in [4.78, 5) is 29.8. The first-order valence-corrected chi connectivity index (χ1v) is 9.47. The Hall–Kier alpha value is -1.73. The van der Waals surface area contributed by atoms with E-state index in [0.29, 0.717) is 31.8 Å². The molecule has 0 radical (unpaired) electrons. The zero-order valence-corrected chi connectivity index (χ0v) is 14.4. The molecule has 23 heavy (non-hydrogen) atoms. The Balaban J connectivity index is 1.53. The van der Waals surface area contributed by atoms with Gasteiger partial charge in [0.15, 0.2) is 0 Å². The summed E-state index contributed by atoms with van der Waals surface area (Å²) < 4.78 is 0. The number of primary amides is 1. The molecule has 1 fully saturated rings. The smallest absolute Gasteiger partial charge is 0.228 e. The average Bonchev–Trinajstić information content (AvgIpc) is 3.18. The summed E-state index contributed by atoms with van der Waals surface area (Å²) in [7, 11) is 0. The number of hydrogen-bond donors (Lipinski definition) is 1. The van der Waals surface area contributed by atoms with Crippen LogP contribution in [0.4, 0.5) is 0 Å². The maximum Gasteiger partial charge on any atom is 0.228 e. The summed E-state index contributed by atoms with van der Waals surface area (Å²) in [6, 6.07) is 2.04. The molecule has 2 amide bonds. The number of amides is 2. The van der Waals surface area contributed by atoms with Crippen molar-refractivity contribution in [2.45, 2.75) is 25.7 Å². The molecule has 1 aliphatic rings. The van der Waals surface area contributed by atoms with E-state index in [-0.39, 0.29) is 11.8 Å². The number of piperidine rings is 1. The SMILES string of the molecule is NC(=O)CC1CCN(C(=O)Cc2csc(-c3ccsc3)n2)CC1. The normalized spacial score (nSPS) is 15.7. The number of aromatic nitrogens is 1. The molecule has 1 saturated heterocycles. The van der Waals surface area contributed by atoms with Gasteiger partial charge in [-0.1, -0.05) is 0 Å². The third-order valence-corrected chi connectivity index (χ3v) is 5.73. The molecule has 5 nitrogen and oxygen atoms in total. The van der Waals surface area contributed by atoms with E-state index in [0.717, 1.165) is 29.1 Å². The van der Waals surface area contributed by atoms with Crippen LogP contribution >= 0.6 is 22.7 Å². The summed E-state index contributed by atoms with van der Waals surface area (Å²) in [5, 5.41) is 7.02. The predicted molar refractivity (Wildman–Crippen MR) is 92.2 cm³/mol. The zero-order chi connectivity index (χ0) is 16.2. The first kappa shape index (κ1) is 16.1. The van der Waals surface area contributed by atoms with Crippen molar-refractivity contribution in [2.24, 2.45) is 11.7 Å². The van der Waals surface area contributed by atoms with E-state index in [1.54, 1.807) is 22.7 Å². The number of carbonyl (C=O) groups excluding carboxylic acids is 2. The standard InChI is InChI=1S/C16H19N3O2S2/c17-14(20)7-11-1-4-19(5-2-11)15(21)8-13-10-23-16(18-13)12-3-6-22-9-12/h3,6,9-11H,1-2,4-5,7-8H2,(H2,17,20). The fourth-order valence-electron chi connectivity index (χ4n) is 2.84. The number of thiazole rings is 1. The fourth-order valence-corrected chi connectivity index (χ4v) is 4.38. The summed E-state index contributed by atoms with van der Waals surface area (Å²) >= 11 is 3.22. The lowest BCUT2D eigenvalue weighted by Crippen LogP contribution is -2.40. The molecule has 0 saturated carbocycles. The molecule has 0 unspecified atom stereocenters. The van der Waals surface area contributed by atoms with Crippen LogP contribution < -0.4 is 5.73 Å². The van der Waals surface area contributed by atoms with Crippen molar-refractivity contribution in [2.75, 3.05) is 13.1 Å². The minimum atomic E-state index is -0.252. The van der Waals surface area contributed by atoms with Gasteiger partial charge in [0.25, 0.3) is 0 Å². The summed E-state index contributed by atoms with van der Waals surface area (Å²) in [5.41, 5.74) is 7.19. The van der Waals surface area contributed by atoms with Gasteiger partial charge in [-0.2, -0.15) is 11.3 Å². The Morgan fingerprint density at radius 3 is 2.74 bits per heavy atom. The van der Waals surface area contributed by atoms with Crippen LogP contribution in [0.25, 0.3) is 10.6 Å². The van der Waals surface area contributed by atoms with Gasteiger partial charge in [-0.15, -0.1) is 11.3 Å². The Morgan fingerprint density at radius 2 is 2.09 bits per heavy atom. The topological polar surface area (TPSA) is 76.3 Å². The van der Waals surface area contributed by atoms with Gasteiger partial charge in [0.1, 0.15) is 5.01 Å². The molecule has 3 heterocycles. The molecule has 1 aliphatic heterocycles. The maximum atomic E-state index is 12.4. The molecule has 2 aromatic rings. The number of hydrogen-bond acceptors (Lipinski definition) is 5. The van der Waals surface area contributed by atoms with E-state index >= 15 is 0 Å². The predicted octanol–water partition coefficient (Wildman–Crippen LogP) is 2.53. The fraction of sp³-hybridized carbons (Fsp3) is 0.438. The van der Waals surface area contributed by atoms with Crippen molar-refractivity contribution in [3.8, 4) is 10.6 Å². The summed E-state index contributed by atoms with van der Waals surface area (Å²) in [6.07, 6.45) is 2.48. The highest BCUT2D eigenvalue weighted by atomic mass is 32.1. The third-order valence-electron chi connectivity index (χ3n) is 4.11. The zero-order valence-electron chi connectivity index (χ0n) is 12.7. The maximum absolute atomic E-state index is 12.4.